The first-order chi connectivity index (χ1) is 11.7. The van der Waals surface area contributed by atoms with E-state index in [1.807, 2.05) is 54.6 Å². The molecule has 0 fully saturated rings. The summed E-state index contributed by atoms with van der Waals surface area (Å²) in [6, 6.07) is 17.2. The smallest absolute Gasteiger partial charge is 0.233 e. The zero-order valence-electron chi connectivity index (χ0n) is 13.1. The first kappa shape index (κ1) is 14.8. The summed E-state index contributed by atoms with van der Waals surface area (Å²) in [5.41, 5.74) is 9.01. The van der Waals surface area contributed by atoms with Crippen molar-refractivity contribution in [2.45, 2.75) is 24.8 Å². The van der Waals surface area contributed by atoms with Gasteiger partial charge in [0.15, 0.2) is 5.78 Å². The lowest BCUT2D eigenvalue weighted by molar-refractivity contribution is 0.0989. The molecule has 1 aliphatic rings. The summed E-state index contributed by atoms with van der Waals surface area (Å²) in [7, 11) is 0. The van der Waals surface area contributed by atoms with Crippen molar-refractivity contribution >= 4 is 5.78 Å². The van der Waals surface area contributed by atoms with E-state index in [9.17, 15) is 4.79 Å². The molecule has 2 aromatic carbocycles. The van der Waals surface area contributed by atoms with Crippen LogP contribution >= 0.6 is 0 Å². The maximum Gasteiger partial charge on any atom is 0.233 e. The zero-order valence-corrected chi connectivity index (χ0v) is 13.1. The van der Waals surface area contributed by atoms with Crippen LogP contribution in [0.25, 0.3) is 0 Å². The predicted molar refractivity (Wildman–Crippen MR) is 88.6 cm³/mol. The molecule has 0 saturated heterocycles. The van der Waals surface area contributed by atoms with Crippen molar-refractivity contribution in [3.63, 3.8) is 0 Å². The molecule has 0 bridgehead atoms. The van der Waals surface area contributed by atoms with E-state index in [1.165, 1.54) is 0 Å². The monoisotopic (exact) mass is 319 g/mol. The lowest BCUT2D eigenvalue weighted by Gasteiger charge is -2.07. The SMILES string of the molecule is NC(Cc1ccccc1)c1nnc(C2CC(=O)c3ccccc32)o1. The lowest BCUT2D eigenvalue weighted by Crippen LogP contribution is -2.13. The van der Waals surface area contributed by atoms with Crippen LogP contribution in [-0.4, -0.2) is 16.0 Å². The largest absolute Gasteiger partial charge is 0.423 e. The van der Waals surface area contributed by atoms with E-state index in [1.54, 1.807) is 0 Å². The number of hydrogen-bond donors (Lipinski definition) is 1. The average Bonchev–Trinajstić information content (AvgIpc) is 3.21. The molecule has 0 saturated carbocycles. The fourth-order valence-corrected chi connectivity index (χ4v) is 3.17. The highest BCUT2D eigenvalue weighted by molar-refractivity contribution is 6.01. The van der Waals surface area contributed by atoms with Gasteiger partial charge in [0.1, 0.15) is 0 Å². The number of carbonyl (C=O) groups excluding carboxylic acids is 1. The van der Waals surface area contributed by atoms with Gasteiger partial charge in [-0.2, -0.15) is 0 Å². The Morgan fingerprint density at radius 3 is 2.67 bits per heavy atom. The van der Waals surface area contributed by atoms with Crippen LogP contribution < -0.4 is 5.73 Å². The molecule has 24 heavy (non-hydrogen) atoms. The van der Waals surface area contributed by atoms with Crippen molar-refractivity contribution < 1.29 is 9.21 Å². The van der Waals surface area contributed by atoms with E-state index in [0.29, 0.717) is 24.6 Å². The van der Waals surface area contributed by atoms with E-state index in [0.717, 1.165) is 16.7 Å². The molecule has 2 N–H and O–H groups in total. The van der Waals surface area contributed by atoms with Crippen LogP contribution in [0.15, 0.2) is 59.0 Å². The average molecular weight is 319 g/mol. The van der Waals surface area contributed by atoms with Gasteiger partial charge in [-0.3, -0.25) is 4.79 Å². The summed E-state index contributed by atoms with van der Waals surface area (Å²) in [6.07, 6.45) is 0.998. The summed E-state index contributed by atoms with van der Waals surface area (Å²) in [4.78, 5) is 12.1. The second-order valence-electron chi connectivity index (χ2n) is 6.04. The van der Waals surface area contributed by atoms with Gasteiger partial charge in [0, 0.05) is 12.0 Å². The van der Waals surface area contributed by atoms with Gasteiger partial charge in [-0.05, 0) is 17.5 Å². The van der Waals surface area contributed by atoms with Gasteiger partial charge < -0.3 is 10.2 Å². The highest BCUT2D eigenvalue weighted by atomic mass is 16.4. The Morgan fingerprint density at radius 2 is 1.83 bits per heavy atom. The lowest BCUT2D eigenvalue weighted by atomic mass is 10.0. The Kier molecular flexibility index (Phi) is 3.70. The number of nitrogens with two attached hydrogens (primary N) is 1. The van der Waals surface area contributed by atoms with Gasteiger partial charge in [-0.15, -0.1) is 10.2 Å². The third kappa shape index (κ3) is 2.63. The van der Waals surface area contributed by atoms with Crippen LogP contribution in [0.5, 0.6) is 0 Å². The number of fused-ring (bicyclic) bond motifs is 1. The fourth-order valence-electron chi connectivity index (χ4n) is 3.17. The molecule has 1 aromatic heterocycles. The highest BCUT2D eigenvalue weighted by Gasteiger charge is 2.34. The highest BCUT2D eigenvalue weighted by Crippen LogP contribution is 2.37. The normalized spacial score (nSPS) is 17.7. The molecule has 5 nitrogen and oxygen atoms in total. The van der Waals surface area contributed by atoms with E-state index in [2.05, 4.69) is 10.2 Å². The van der Waals surface area contributed by atoms with Crippen LogP contribution in [0, 0.1) is 0 Å². The van der Waals surface area contributed by atoms with Crippen molar-refractivity contribution in [3.8, 4) is 0 Å². The van der Waals surface area contributed by atoms with Gasteiger partial charge in [0.25, 0.3) is 0 Å². The molecule has 3 aromatic rings. The Bertz CT molecular complexity index is 873. The summed E-state index contributed by atoms with van der Waals surface area (Å²) < 4.78 is 5.81. The maximum absolute atomic E-state index is 12.1. The number of benzene rings is 2. The molecule has 1 heterocycles. The first-order valence-electron chi connectivity index (χ1n) is 7.97. The topological polar surface area (TPSA) is 82.0 Å². The quantitative estimate of drug-likeness (QED) is 0.799. The Hall–Kier alpha value is -2.79. The molecule has 4 rings (SSSR count). The summed E-state index contributed by atoms with van der Waals surface area (Å²) in [5, 5.41) is 8.25. The predicted octanol–water partition coefficient (Wildman–Crippen LogP) is 3.03. The van der Waals surface area contributed by atoms with Crippen molar-refractivity contribution in [1.82, 2.24) is 10.2 Å². The molecule has 5 heteroatoms. The van der Waals surface area contributed by atoms with Crippen LogP contribution in [0.4, 0.5) is 0 Å². The third-order valence-corrected chi connectivity index (χ3v) is 4.40. The number of nitrogens with zero attached hydrogens (tertiary/aromatic N) is 2. The van der Waals surface area contributed by atoms with Gasteiger partial charge >= 0.3 is 0 Å². The second-order valence-corrected chi connectivity index (χ2v) is 6.04. The van der Waals surface area contributed by atoms with E-state index >= 15 is 0 Å². The van der Waals surface area contributed by atoms with Gasteiger partial charge in [0.05, 0.1) is 12.0 Å². The number of rotatable bonds is 4. The molecule has 1 aliphatic carbocycles. The molecular formula is C19H17N3O2. The molecule has 0 amide bonds. The first-order valence-corrected chi connectivity index (χ1v) is 7.97. The molecule has 0 radical (unpaired) electrons. The minimum Gasteiger partial charge on any atom is -0.423 e. The van der Waals surface area contributed by atoms with E-state index in [4.69, 9.17) is 10.2 Å². The van der Waals surface area contributed by atoms with Gasteiger partial charge in [-0.1, -0.05) is 54.6 Å². The third-order valence-electron chi connectivity index (χ3n) is 4.40. The standard InChI is InChI=1S/C19H17N3O2/c20-16(10-12-6-2-1-3-7-12)19-22-21-18(24-19)15-11-17(23)14-9-5-4-8-13(14)15/h1-9,15-16H,10-11,20H2. The van der Waals surface area contributed by atoms with Crippen LogP contribution in [0.2, 0.25) is 0 Å². The number of carbonyl (C=O) groups is 1. The number of hydrogen-bond acceptors (Lipinski definition) is 5. The minimum absolute atomic E-state index is 0.115. The number of Topliss-reactive ketones (excluding diaryl/α,β-unsaturated/α-hetero) is 1. The molecule has 2 unspecified atom stereocenters. The Balaban J connectivity index is 1.56. The van der Waals surface area contributed by atoms with Crippen LogP contribution in [0.3, 0.4) is 0 Å². The fraction of sp³-hybridized carbons (Fsp3) is 0.211. The summed E-state index contributed by atoms with van der Waals surface area (Å²) in [5.74, 6) is 0.820. The van der Waals surface area contributed by atoms with Crippen molar-refractivity contribution in [2.75, 3.05) is 0 Å². The molecule has 120 valence electrons. The molecule has 0 spiro atoms. The number of aromatic nitrogens is 2. The zero-order chi connectivity index (χ0) is 16.5. The molecule has 0 aliphatic heterocycles. The number of ketones is 1. The Morgan fingerprint density at radius 1 is 1.08 bits per heavy atom. The van der Waals surface area contributed by atoms with Crippen molar-refractivity contribution in [2.24, 2.45) is 5.73 Å². The van der Waals surface area contributed by atoms with Crippen LogP contribution in [0.1, 0.15) is 51.6 Å². The van der Waals surface area contributed by atoms with Crippen molar-refractivity contribution in [3.05, 3.63) is 83.1 Å². The summed E-state index contributed by atoms with van der Waals surface area (Å²) >= 11 is 0. The second kappa shape index (κ2) is 6.02. The summed E-state index contributed by atoms with van der Waals surface area (Å²) in [6.45, 7) is 0. The van der Waals surface area contributed by atoms with Crippen LogP contribution in [-0.2, 0) is 6.42 Å². The Labute approximate surface area is 139 Å². The van der Waals surface area contributed by atoms with E-state index < -0.39 is 0 Å². The molecular weight excluding hydrogens is 302 g/mol. The van der Waals surface area contributed by atoms with Gasteiger partial charge in [0.2, 0.25) is 11.8 Å². The van der Waals surface area contributed by atoms with E-state index in [-0.39, 0.29) is 17.7 Å². The van der Waals surface area contributed by atoms with Crippen molar-refractivity contribution in [1.29, 1.82) is 0 Å². The molecule has 2 atom stereocenters. The van der Waals surface area contributed by atoms with Gasteiger partial charge in [-0.25, -0.2) is 0 Å². The maximum atomic E-state index is 12.1. The minimum atomic E-state index is -0.360.